The molecule has 1 rings (SSSR count). The van der Waals surface area contributed by atoms with E-state index in [0.29, 0.717) is 17.7 Å². The van der Waals surface area contributed by atoms with E-state index in [1.165, 1.54) is 12.8 Å². The molecule has 0 heterocycles. The average molecular weight is 267 g/mol. The molecular formula is C11H23ClN2OS. The minimum absolute atomic E-state index is 0. The maximum atomic E-state index is 11.5. The van der Waals surface area contributed by atoms with Crippen LogP contribution in [0, 0.1) is 0 Å². The molecule has 2 unspecified atom stereocenters. The molecule has 5 heteroatoms. The highest BCUT2D eigenvalue weighted by Gasteiger charge is 2.27. The summed E-state index contributed by atoms with van der Waals surface area (Å²) in [6.07, 6.45) is 4.27. The van der Waals surface area contributed by atoms with Gasteiger partial charge in [0.15, 0.2) is 0 Å². The fraction of sp³-hybridized carbons (Fsp3) is 0.909. The van der Waals surface area contributed by atoms with Gasteiger partial charge in [0.1, 0.15) is 0 Å². The highest BCUT2D eigenvalue weighted by Crippen LogP contribution is 2.29. The monoisotopic (exact) mass is 266 g/mol. The minimum atomic E-state index is 0. The SMILES string of the molecule is CCSC1CCCC1NC(=O)CCNC.Cl. The highest BCUT2D eigenvalue weighted by atomic mass is 35.5. The molecule has 2 atom stereocenters. The summed E-state index contributed by atoms with van der Waals surface area (Å²) in [5.41, 5.74) is 0. The van der Waals surface area contributed by atoms with E-state index in [4.69, 9.17) is 0 Å². The molecule has 0 saturated heterocycles. The Morgan fingerprint density at radius 3 is 2.81 bits per heavy atom. The molecule has 0 aliphatic heterocycles. The fourth-order valence-electron chi connectivity index (χ4n) is 2.02. The lowest BCUT2D eigenvalue weighted by atomic mass is 10.2. The van der Waals surface area contributed by atoms with E-state index in [1.54, 1.807) is 0 Å². The fourth-order valence-corrected chi connectivity index (χ4v) is 3.22. The van der Waals surface area contributed by atoms with Crippen LogP contribution in [0.2, 0.25) is 0 Å². The second kappa shape index (κ2) is 9.14. The Labute approximate surface area is 109 Å². The predicted molar refractivity (Wildman–Crippen MR) is 73.5 cm³/mol. The molecular weight excluding hydrogens is 244 g/mol. The van der Waals surface area contributed by atoms with Crippen molar-refractivity contribution in [1.29, 1.82) is 0 Å². The number of hydrogen-bond donors (Lipinski definition) is 2. The molecule has 0 aromatic rings. The van der Waals surface area contributed by atoms with Crippen LogP contribution in [0.5, 0.6) is 0 Å². The average Bonchev–Trinajstić information content (AvgIpc) is 2.63. The van der Waals surface area contributed by atoms with Gasteiger partial charge >= 0.3 is 0 Å². The van der Waals surface area contributed by atoms with Crippen LogP contribution >= 0.6 is 24.2 Å². The van der Waals surface area contributed by atoms with E-state index in [0.717, 1.165) is 18.7 Å². The summed E-state index contributed by atoms with van der Waals surface area (Å²) in [6.45, 7) is 2.95. The van der Waals surface area contributed by atoms with Crippen LogP contribution in [0.4, 0.5) is 0 Å². The number of nitrogens with one attached hydrogen (secondary N) is 2. The third kappa shape index (κ3) is 5.41. The van der Waals surface area contributed by atoms with E-state index in [2.05, 4.69) is 17.6 Å². The topological polar surface area (TPSA) is 41.1 Å². The number of carbonyl (C=O) groups is 1. The van der Waals surface area contributed by atoms with Crippen molar-refractivity contribution in [3.05, 3.63) is 0 Å². The molecule has 0 bridgehead atoms. The van der Waals surface area contributed by atoms with E-state index in [-0.39, 0.29) is 18.3 Å². The van der Waals surface area contributed by atoms with Gasteiger partial charge in [-0.1, -0.05) is 13.3 Å². The van der Waals surface area contributed by atoms with Gasteiger partial charge < -0.3 is 10.6 Å². The van der Waals surface area contributed by atoms with Gasteiger partial charge in [-0.3, -0.25) is 4.79 Å². The first-order valence-electron chi connectivity index (χ1n) is 5.83. The summed E-state index contributed by atoms with van der Waals surface area (Å²) in [5, 5.41) is 6.79. The van der Waals surface area contributed by atoms with Gasteiger partial charge in [-0.15, -0.1) is 12.4 Å². The first-order chi connectivity index (χ1) is 7.27. The highest BCUT2D eigenvalue weighted by molar-refractivity contribution is 7.99. The molecule has 0 spiro atoms. The number of halogens is 1. The largest absolute Gasteiger partial charge is 0.352 e. The summed E-state index contributed by atoms with van der Waals surface area (Å²) in [4.78, 5) is 11.5. The lowest BCUT2D eigenvalue weighted by Gasteiger charge is -2.20. The van der Waals surface area contributed by atoms with Crippen molar-refractivity contribution in [2.75, 3.05) is 19.3 Å². The quantitative estimate of drug-likeness (QED) is 0.771. The van der Waals surface area contributed by atoms with E-state index in [9.17, 15) is 4.79 Å². The maximum Gasteiger partial charge on any atom is 0.221 e. The van der Waals surface area contributed by atoms with Crippen LogP contribution in [-0.2, 0) is 4.79 Å². The second-order valence-corrected chi connectivity index (χ2v) is 5.47. The lowest BCUT2D eigenvalue weighted by molar-refractivity contribution is -0.121. The molecule has 96 valence electrons. The number of amides is 1. The van der Waals surface area contributed by atoms with Crippen molar-refractivity contribution in [2.45, 2.75) is 43.9 Å². The number of thioether (sulfide) groups is 1. The molecule has 1 fully saturated rings. The molecule has 1 amide bonds. The summed E-state index contributed by atoms with van der Waals surface area (Å²) in [6, 6.07) is 0.416. The van der Waals surface area contributed by atoms with Gasteiger partial charge in [-0.25, -0.2) is 0 Å². The Balaban J connectivity index is 0.00000225. The maximum absolute atomic E-state index is 11.5. The smallest absolute Gasteiger partial charge is 0.221 e. The second-order valence-electron chi connectivity index (χ2n) is 3.95. The summed E-state index contributed by atoms with van der Waals surface area (Å²) in [7, 11) is 1.87. The zero-order chi connectivity index (χ0) is 11.1. The molecule has 1 aliphatic rings. The summed E-state index contributed by atoms with van der Waals surface area (Å²) < 4.78 is 0. The Morgan fingerprint density at radius 1 is 1.44 bits per heavy atom. The zero-order valence-electron chi connectivity index (χ0n) is 10.1. The molecule has 16 heavy (non-hydrogen) atoms. The van der Waals surface area contributed by atoms with Crippen molar-refractivity contribution in [2.24, 2.45) is 0 Å². The molecule has 1 aliphatic carbocycles. The lowest BCUT2D eigenvalue weighted by Crippen LogP contribution is -2.39. The van der Waals surface area contributed by atoms with Crippen LogP contribution in [0.3, 0.4) is 0 Å². The molecule has 0 aromatic carbocycles. The molecule has 0 radical (unpaired) electrons. The predicted octanol–water partition coefficient (Wildman–Crippen LogP) is 1.81. The van der Waals surface area contributed by atoms with Crippen LogP contribution < -0.4 is 10.6 Å². The minimum Gasteiger partial charge on any atom is -0.352 e. The Bertz CT molecular complexity index is 204. The van der Waals surface area contributed by atoms with Gasteiger partial charge in [0.2, 0.25) is 5.91 Å². The van der Waals surface area contributed by atoms with Gasteiger partial charge in [0.05, 0.1) is 0 Å². The van der Waals surface area contributed by atoms with Crippen molar-refractivity contribution >= 4 is 30.1 Å². The molecule has 1 saturated carbocycles. The van der Waals surface area contributed by atoms with Crippen molar-refractivity contribution in [3.63, 3.8) is 0 Å². The summed E-state index contributed by atoms with van der Waals surface area (Å²) in [5.74, 6) is 1.34. The van der Waals surface area contributed by atoms with Crippen molar-refractivity contribution in [3.8, 4) is 0 Å². The van der Waals surface area contributed by atoms with Crippen LogP contribution in [0.1, 0.15) is 32.6 Å². The van der Waals surface area contributed by atoms with Gasteiger partial charge in [-0.05, 0) is 25.6 Å². The van der Waals surface area contributed by atoms with Crippen LogP contribution in [-0.4, -0.2) is 36.5 Å². The number of carbonyl (C=O) groups excluding carboxylic acids is 1. The first kappa shape index (κ1) is 16.1. The van der Waals surface area contributed by atoms with E-state index < -0.39 is 0 Å². The Kier molecular flexibility index (Phi) is 9.18. The molecule has 0 aromatic heterocycles. The van der Waals surface area contributed by atoms with Gasteiger partial charge in [0.25, 0.3) is 0 Å². The third-order valence-corrected chi connectivity index (χ3v) is 4.11. The normalized spacial score (nSPS) is 23.9. The summed E-state index contributed by atoms with van der Waals surface area (Å²) >= 11 is 1.98. The van der Waals surface area contributed by atoms with Crippen LogP contribution in [0.25, 0.3) is 0 Å². The standard InChI is InChI=1S/C11H22N2OS.ClH/c1-3-15-10-6-4-5-9(10)13-11(14)7-8-12-2;/h9-10,12H,3-8H2,1-2H3,(H,13,14);1H. The van der Waals surface area contributed by atoms with Crippen molar-refractivity contribution in [1.82, 2.24) is 10.6 Å². The zero-order valence-corrected chi connectivity index (χ0v) is 11.8. The van der Waals surface area contributed by atoms with Gasteiger partial charge in [0, 0.05) is 24.3 Å². The molecule has 2 N–H and O–H groups in total. The Hall–Kier alpha value is 0.0700. The van der Waals surface area contributed by atoms with E-state index >= 15 is 0 Å². The van der Waals surface area contributed by atoms with Crippen molar-refractivity contribution < 1.29 is 4.79 Å². The first-order valence-corrected chi connectivity index (χ1v) is 6.88. The van der Waals surface area contributed by atoms with Gasteiger partial charge in [-0.2, -0.15) is 11.8 Å². The molecule has 3 nitrogen and oxygen atoms in total. The van der Waals surface area contributed by atoms with Crippen LogP contribution in [0.15, 0.2) is 0 Å². The third-order valence-electron chi connectivity index (χ3n) is 2.78. The number of rotatable bonds is 6. The Morgan fingerprint density at radius 2 is 2.19 bits per heavy atom. The number of hydrogen-bond acceptors (Lipinski definition) is 3. The van der Waals surface area contributed by atoms with E-state index in [1.807, 2.05) is 18.8 Å².